The van der Waals surface area contributed by atoms with Gasteiger partial charge in [-0.05, 0) is 48.4 Å². The fourth-order valence-electron chi connectivity index (χ4n) is 2.65. The van der Waals surface area contributed by atoms with Gasteiger partial charge in [0, 0.05) is 17.8 Å². The summed E-state index contributed by atoms with van der Waals surface area (Å²) in [5.41, 5.74) is 0. The van der Waals surface area contributed by atoms with Gasteiger partial charge in [0.05, 0.1) is 4.88 Å². The highest BCUT2D eigenvalue weighted by molar-refractivity contribution is 7.20. The Kier molecular flexibility index (Phi) is 3.27. The maximum atomic E-state index is 13.2. The smallest absolute Gasteiger partial charge is 0.263 e. The molecule has 100 valence electrons. The number of thiophene rings is 1. The van der Waals surface area contributed by atoms with E-state index in [4.69, 9.17) is 0 Å². The quantitative estimate of drug-likeness (QED) is 0.774. The van der Waals surface area contributed by atoms with Gasteiger partial charge in [0.1, 0.15) is 5.82 Å². The fourth-order valence-corrected chi connectivity index (χ4v) is 3.66. The van der Waals surface area contributed by atoms with Crippen molar-refractivity contribution in [3.63, 3.8) is 0 Å². The summed E-state index contributed by atoms with van der Waals surface area (Å²) < 4.78 is 14.1. The van der Waals surface area contributed by atoms with Crippen molar-refractivity contribution in [2.45, 2.75) is 19.8 Å². The monoisotopic (exact) mass is 277 g/mol. The molecular formula is C15H16FNOS. The van der Waals surface area contributed by atoms with Crippen molar-refractivity contribution < 1.29 is 9.18 Å². The molecule has 19 heavy (non-hydrogen) atoms. The van der Waals surface area contributed by atoms with Gasteiger partial charge in [-0.15, -0.1) is 11.3 Å². The Morgan fingerprint density at radius 3 is 3.05 bits per heavy atom. The number of carbonyl (C=O) groups is 1. The summed E-state index contributed by atoms with van der Waals surface area (Å²) in [7, 11) is 0. The number of halogens is 1. The summed E-state index contributed by atoms with van der Waals surface area (Å²) in [5, 5.41) is 0.818. The van der Waals surface area contributed by atoms with Crippen molar-refractivity contribution >= 4 is 27.3 Å². The molecule has 1 amide bonds. The molecule has 1 aliphatic heterocycles. The van der Waals surface area contributed by atoms with Crippen LogP contribution in [-0.4, -0.2) is 23.9 Å². The van der Waals surface area contributed by atoms with E-state index in [2.05, 4.69) is 6.92 Å². The largest absolute Gasteiger partial charge is 0.338 e. The minimum Gasteiger partial charge on any atom is -0.338 e. The highest BCUT2D eigenvalue weighted by Crippen LogP contribution is 2.28. The van der Waals surface area contributed by atoms with Gasteiger partial charge < -0.3 is 4.90 Å². The summed E-state index contributed by atoms with van der Waals surface area (Å²) in [6.45, 7) is 3.85. The predicted molar refractivity (Wildman–Crippen MR) is 76.1 cm³/mol. The lowest BCUT2D eigenvalue weighted by atomic mass is 10.0. The third-order valence-electron chi connectivity index (χ3n) is 3.63. The molecular weight excluding hydrogens is 261 g/mol. The second kappa shape index (κ2) is 4.93. The first-order chi connectivity index (χ1) is 9.13. The molecule has 2 aromatic rings. The van der Waals surface area contributed by atoms with E-state index in [1.54, 1.807) is 6.07 Å². The lowest BCUT2D eigenvalue weighted by Crippen LogP contribution is -2.38. The molecule has 1 atom stereocenters. The molecule has 0 saturated carbocycles. The third kappa shape index (κ3) is 2.50. The topological polar surface area (TPSA) is 20.3 Å². The van der Waals surface area contributed by atoms with Crippen LogP contribution < -0.4 is 0 Å². The standard InChI is InChI=1S/C15H16FNOS/c1-10-3-2-6-17(9-10)15(18)14-8-11-7-12(16)4-5-13(11)19-14/h4-5,7-8,10H,2-3,6,9H2,1H3. The zero-order chi connectivity index (χ0) is 13.4. The van der Waals surface area contributed by atoms with Gasteiger partial charge >= 0.3 is 0 Å². The molecule has 1 aromatic heterocycles. The van der Waals surface area contributed by atoms with Crippen LogP contribution in [0.4, 0.5) is 4.39 Å². The maximum Gasteiger partial charge on any atom is 0.263 e. The minimum atomic E-state index is -0.254. The Morgan fingerprint density at radius 2 is 2.26 bits per heavy atom. The Balaban J connectivity index is 1.88. The van der Waals surface area contributed by atoms with E-state index in [1.165, 1.54) is 29.9 Å². The van der Waals surface area contributed by atoms with E-state index in [1.807, 2.05) is 11.0 Å². The maximum absolute atomic E-state index is 13.2. The van der Waals surface area contributed by atoms with E-state index in [-0.39, 0.29) is 11.7 Å². The normalized spacial score (nSPS) is 19.9. The van der Waals surface area contributed by atoms with Gasteiger partial charge in [-0.3, -0.25) is 4.79 Å². The average Bonchev–Trinajstić information content (AvgIpc) is 2.80. The van der Waals surface area contributed by atoms with E-state index < -0.39 is 0 Å². The number of nitrogens with zero attached hydrogens (tertiary/aromatic N) is 1. The van der Waals surface area contributed by atoms with Gasteiger partial charge in [0.15, 0.2) is 0 Å². The van der Waals surface area contributed by atoms with Crippen LogP contribution in [0, 0.1) is 11.7 Å². The van der Waals surface area contributed by atoms with E-state index in [9.17, 15) is 9.18 Å². The number of piperidine rings is 1. The van der Waals surface area contributed by atoms with Gasteiger partial charge in [-0.25, -0.2) is 4.39 Å². The molecule has 0 radical (unpaired) electrons. The number of rotatable bonds is 1. The summed E-state index contributed by atoms with van der Waals surface area (Å²) in [4.78, 5) is 15.1. The first kappa shape index (κ1) is 12.6. The van der Waals surface area contributed by atoms with Crippen LogP contribution in [-0.2, 0) is 0 Å². The Bertz CT molecular complexity index is 622. The third-order valence-corrected chi connectivity index (χ3v) is 4.74. The first-order valence-electron chi connectivity index (χ1n) is 6.62. The summed E-state index contributed by atoms with van der Waals surface area (Å²) in [5.74, 6) is 0.411. The molecule has 2 nitrogen and oxygen atoms in total. The van der Waals surface area contributed by atoms with Crippen LogP contribution >= 0.6 is 11.3 Å². The molecule has 0 spiro atoms. The molecule has 1 fully saturated rings. The molecule has 1 unspecified atom stereocenters. The van der Waals surface area contributed by atoms with Gasteiger partial charge in [0.2, 0.25) is 0 Å². The van der Waals surface area contributed by atoms with Gasteiger partial charge in [-0.2, -0.15) is 0 Å². The number of carbonyl (C=O) groups excluding carboxylic acids is 1. The highest BCUT2D eigenvalue weighted by Gasteiger charge is 2.23. The molecule has 1 aliphatic rings. The van der Waals surface area contributed by atoms with Gasteiger partial charge in [-0.1, -0.05) is 6.92 Å². The minimum absolute atomic E-state index is 0.0909. The van der Waals surface area contributed by atoms with Crippen molar-refractivity contribution in [1.82, 2.24) is 4.90 Å². The second-order valence-corrected chi connectivity index (χ2v) is 6.38. The van der Waals surface area contributed by atoms with Crippen molar-refractivity contribution in [2.24, 2.45) is 5.92 Å². The molecule has 0 N–H and O–H groups in total. The number of likely N-dealkylation sites (tertiary alicyclic amines) is 1. The Morgan fingerprint density at radius 1 is 1.42 bits per heavy atom. The van der Waals surface area contributed by atoms with Crippen molar-refractivity contribution in [1.29, 1.82) is 0 Å². The molecule has 4 heteroatoms. The number of hydrogen-bond donors (Lipinski definition) is 0. The molecule has 3 rings (SSSR count). The number of hydrogen-bond acceptors (Lipinski definition) is 2. The van der Waals surface area contributed by atoms with Crippen LogP contribution in [0.15, 0.2) is 24.3 Å². The second-order valence-electron chi connectivity index (χ2n) is 5.29. The number of fused-ring (bicyclic) bond motifs is 1. The Labute approximate surface area is 115 Å². The zero-order valence-electron chi connectivity index (χ0n) is 10.9. The van der Waals surface area contributed by atoms with Crippen molar-refractivity contribution in [2.75, 3.05) is 13.1 Å². The van der Waals surface area contributed by atoms with Crippen LogP contribution in [0.3, 0.4) is 0 Å². The SMILES string of the molecule is CC1CCCN(C(=O)c2cc3cc(F)ccc3s2)C1. The molecule has 2 heterocycles. The van der Waals surface area contributed by atoms with Crippen LogP contribution in [0.1, 0.15) is 29.4 Å². The fraction of sp³-hybridized carbons (Fsp3) is 0.400. The van der Waals surface area contributed by atoms with Crippen LogP contribution in [0.25, 0.3) is 10.1 Å². The van der Waals surface area contributed by atoms with E-state index in [0.29, 0.717) is 5.92 Å². The summed E-state index contributed by atoms with van der Waals surface area (Å²) in [6.07, 6.45) is 2.27. The lowest BCUT2D eigenvalue weighted by molar-refractivity contribution is 0.0688. The Hall–Kier alpha value is -1.42. The predicted octanol–water partition coefficient (Wildman–Crippen LogP) is 3.91. The summed E-state index contributed by atoms with van der Waals surface area (Å²) in [6, 6.07) is 6.48. The van der Waals surface area contributed by atoms with E-state index >= 15 is 0 Å². The lowest BCUT2D eigenvalue weighted by Gasteiger charge is -2.30. The van der Waals surface area contributed by atoms with Crippen molar-refractivity contribution in [3.8, 4) is 0 Å². The van der Waals surface area contributed by atoms with Gasteiger partial charge in [0.25, 0.3) is 5.91 Å². The zero-order valence-corrected chi connectivity index (χ0v) is 11.7. The summed E-state index contributed by atoms with van der Waals surface area (Å²) >= 11 is 1.45. The highest BCUT2D eigenvalue weighted by atomic mass is 32.1. The number of benzene rings is 1. The van der Waals surface area contributed by atoms with Crippen molar-refractivity contribution in [3.05, 3.63) is 35.0 Å². The molecule has 0 aliphatic carbocycles. The molecule has 1 saturated heterocycles. The first-order valence-corrected chi connectivity index (χ1v) is 7.43. The molecule has 0 bridgehead atoms. The van der Waals surface area contributed by atoms with Crippen LogP contribution in [0.5, 0.6) is 0 Å². The van der Waals surface area contributed by atoms with Crippen LogP contribution in [0.2, 0.25) is 0 Å². The number of amides is 1. The van der Waals surface area contributed by atoms with E-state index in [0.717, 1.165) is 34.5 Å². The molecule has 1 aromatic carbocycles. The average molecular weight is 277 g/mol.